The molecule has 1 fully saturated rings. The monoisotopic (exact) mass is 514 g/mol. The van der Waals surface area contributed by atoms with Crippen molar-refractivity contribution in [2.75, 3.05) is 13.1 Å². The Morgan fingerprint density at radius 1 is 1.11 bits per heavy atom. The van der Waals surface area contributed by atoms with Crippen molar-refractivity contribution in [2.45, 2.75) is 25.5 Å². The van der Waals surface area contributed by atoms with Crippen molar-refractivity contribution in [3.63, 3.8) is 0 Å². The molecule has 0 spiro atoms. The van der Waals surface area contributed by atoms with E-state index in [1.54, 1.807) is 6.92 Å². The topological polar surface area (TPSA) is 113 Å². The van der Waals surface area contributed by atoms with Gasteiger partial charge in [-0.15, -0.1) is 0 Å². The molecule has 192 valence electrons. The number of aromatic nitrogens is 3. The van der Waals surface area contributed by atoms with E-state index >= 15 is 0 Å². The Morgan fingerprint density at radius 2 is 1.81 bits per heavy atom. The third-order valence-corrected chi connectivity index (χ3v) is 6.26. The molecule has 2 aliphatic heterocycles. The number of ether oxygens (including phenoxy) is 1. The number of carboxylic acid groups (broad SMARTS) is 1. The van der Waals surface area contributed by atoms with E-state index in [4.69, 9.17) is 4.74 Å². The summed E-state index contributed by atoms with van der Waals surface area (Å²) < 4.78 is 48.7. The number of urea groups is 1. The number of aromatic carboxylic acids is 1. The highest BCUT2D eigenvalue weighted by atomic mass is 19.1. The molecule has 3 aromatic rings. The van der Waals surface area contributed by atoms with Crippen LogP contribution >= 0.6 is 0 Å². The molecule has 0 bridgehead atoms. The van der Waals surface area contributed by atoms with Crippen LogP contribution in [0.25, 0.3) is 11.4 Å². The van der Waals surface area contributed by atoms with E-state index in [0.717, 1.165) is 24.4 Å². The van der Waals surface area contributed by atoms with Gasteiger partial charge >= 0.3 is 12.0 Å². The van der Waals surface area contributed by atoms with E-state index < -0.39 is 41.6 Å². The summed E-state index contributed by atoms with van der Waals surface area (Å²) in [6.07, 6.45) is 2.25. The number of hydrazone groups is 1. The fourth-order valence-electron chi connectivity index (χ4n) is 4.45. The molecule has 0 radical (unpaired) electrons. The number of carbonyl (C=O) groups is 2. The minimum atomic E-state index is -1.15. The number of rotatable bonds is 5. The molecule has 1 atom stereocenters. The molecule has 0 unspecified atom stereocenters. The quantitative estimate of drug-likeness (QED) is 0.558. The molecule has 0 saturated carbocycles. The second kappa shape index (κ2) is 9.22. The summed E-state index contributed by atoms with van der Waals surface area (Å²) in [6.45, 7) is 1.86. The van der Waals surface area contributed by atoms with Crippen LogP contribution in [0, 0.1) is 24.4 Å². The van der Waals surface area contributed by atoms with Crippen molar-refractivity contribution in [3.05, 3.63) is 64.7 Å². The van der Waals surface area contributed by atoms with Gasteiger partial charge in [0.1, 0.15) is 29.1 Å². The van der Waals surface area contributed by atoms with Gasteiger partial charge in [-0.1, -0.05) is 0 Å². The van der Waals surface area contributed by atoms with Crippen LogP contribution in [-0.2, 0) is 7.05 Å². The summed E-state index contributed by atoms with van der Waals surface area (Å²) in [7, 11) is 1.49. The first-order valence-electron chi connectivity index (χ1n) is 11.3. The lowest BCUT2D eigenvalue weighted by Gasteiger charge is -2.41. The van der Waals surface area contributed by atoms with Crippen molar-refractivity contribution < 1.29 is 32.6 Å². The Kier molecular flexibility index (Phi) is 6.05. The normalized spacial score (nSPS) is 17.3. The number of carbonyl (C=O) groups excluding carboxylic acids is 1. The average Bonchev–Trinajstić information content (AvgIpc) is 3.40. The zero-order chi connectivity index (χ0) is 26.4. The second-order valence-electron chi connectivity index (χ2n) is 8.78. The number of nitrogens with zero attached hydrogens (tertiary/aromatic N) is 6. The van der Waals surface area contributed by atoms with Crippen LogP contribution < -0.4 is 4.74 Å². The zero-order valence-corrected chi connectivity index (χ0v) is 19.7. The highest BCUT2D eigenvalue weighted by molar-refractivity contribution is 5.89. The highest BCUT2D eigenvalue weighted by Crippen LogP contribution is 2.33. The van der Waals surface area contributed by atoms with Gasteiger partial charge in [0.05, 0.1) is 31.0 Å². The van der Waals surface area contributed by atoms with E-state index in [1.807, 2.05) is 0 Å². The first kappa shape index (κ1) is 24.3. The highest BCUT2D eigenvalue weighted by Gasteiger charge is 2.39. The molecule has 1 saturated heterocycles. The van der Waals surface area contributed by atoms with Crippen molar-refractivity contribution >= 4 is 18.2 Å². The first-order chi connectivity index (χ1) is 17.6. The Hall–Kier alpha value is -4.42. The molecule has 10 nitrogen and oxygen atoms in total. The van der Waals surface area contributed by atoms with Gasteiger partial charge in [-0.2, -0.15) is 10.2 Å². The lowest BCUT2D eigenvalue weighted by molar-refractivity contribution is 0.0256. The van der Waals surface area contributed by atoms with Crippen LogP contribution in [0.2, 0.25) is 0 Å². The number of amides is 2. The number of hydrogen-bond donors (Lipinski definition) is 1. The van der Waals surface area contributed by atoms with E-state index in [-0.39, 0.29) is 35.9 Å². The van der Waals surface area contributed by atoms with Gasteiger partial charge in [0.15, 0.2) is 11.6 Å². The molecule has 13 heteroatoms. The van der Waals surface area contributed by atoms with Crippen molar-refractivity contribution in [3.8, 4) is 17.1 Å². The first-order valence-corrected chi connectivity index (χ1v) is 11.3. The standard InChI is InChI=1S/C24H21F3N6O4/c1-12-21(30-31(2)22(12)23(34)35)18-8-20(17(27)9-28-18)37-16-10-32(11-16)24(36)33-19(3-4-29-33)13-5-14(25)7-15(26)6-13/h4-9,16,19H,3,10-11H2,1-2H3,(H,34,35)/t19-/m0/s1. The van der Waals surface area contributed by atoms with Crippen LogP contribution in [0.1, 0.15) is 34.1 Å². The largest absolute Gasteiger partial charge is 0.483 e. The maximum absolute atomic E-state index is 14.4. The van der Waals surface area contributed by atoms with Crippen molar-refractivity contribution in [1.29, 1.82) is 0 Å². The third-order valence-electron chi connectivity index (χ3n) is 6.26. The number of aryl methyl sites for hydroxylation is 1. The van der Waals surface area contributed by atoms with Crippen LogP contribution in [0.3, 0.4) is 0 Å². The van der Waals surface area contributed by atoms with E-state index in [0.29, 0.717) is 17.5 Å². The summed E-state index contributed by atoms with van der Waals surface area (Å²) in [6, 6.07) is 3.31. The molecule has 5 rings (SSSR count). The second-order valence-corrected chi connectivity index (χ2v) is 8.78. The third kappa shape index (κ3) is 4.47. The van der Waals surface area contributed by atoms with Crippen LogP contribution in [0.15, 0.2) is 35.6 Å². The molecule has 1 aromatic carbocycles. The number of likely N-dealkylation sites (tertiary alicyclic amines) is 1. The van der Waals surface area contributed by atoms with Gasteiger partial charge in [-0.05, 0) is 24.6 Å². The predicted molar refractivity (Wildman–Crippen MR) is 124 cm³/mol. The zero-order valence-electron chi connectivity index (χ0n) is 19.7. The summed E-state index contributed by atoms with van der Waals surface area (Å²) >= 11 is 0. The fourth-order valence-corrected chi connectivity index (χ4v) is 4.45. The molecule has 1 N–H and O–H groups in total. The maximum atomic E-state index is 14.4. The summed E-state index contributed by atoms with van der Waals surface area (Å²) in [5.74, 6) is -3.48. The molecule has 2 amide bonds. The van der Waals surface area contributed by atoms with Gasteiger partial charge < -0.3 is 14.7 Å². The number of hydrogen-bond acceptors (Lipinski definition) is 6. The maximum Gasteiger partial charge on any atom is 0.354 e. The van der Waals surface area contributed by atoms with Gasteiger partial charge in [-0.25, -0.2) is 27.8 Å². The van der Waals surface area contributed by atoms with Crippen LogP contribution in [0.4, 0.5) is 18.0 Å². The average molecular weight is 514 g/mol. The molecule has 2 aromatic heterocycles. The van der Waals surface area contributed by atoms with Gasteiger partial charge in [-0.3, -0.25) is 9.67 Å². The van der Waals surface area contributed by atoms with Crippen LogP contribution in [0.5, 0.6) is 5.75 Å². The van der Waals surface area contributed by atoms with Gasteiger partial charge in [0.2, 0.25) is 0 Å². The molecule has 2 aliphatic rings. The number of carboxylic acids is 1. The van der Waals surface area contributed by atoms with Crippen LogP contribution in [-0.4, -0.2) is 67.2 Å². The van der Waals surface area contributed by atoms with Gasteiger partial charge in [0, 0.05) is 37.4 Å². The number of halogens is 3. The summed E-state index contributed by atoms with van der Waals surface area (Å²) in [4.78, 5) is 29.9. The smallest absolute Gasteiger partial charge is 0.354 e. The summed E-state index contributed by atoms with van der Waals surface area (Å²) in [5, 5.41) is 18.8. The predicted octanol–water partition coefficient (Wildman–Crippen LogP) is 3.52. The SMILES string of the molecule is Cc1c(-c2cc(OC3CN(C(=O)N4N=CC[C@H]4c4cc(F)cc(F)c4)C3)c(F)cn2)nn(C)c1C(=O)O. The Labute approximate surface area is 208 Å². The molecular weight excluding hydrogens is 493 g/mol. The van der Waals surface area contributed by atoms with Gasteiger partial charge in [0.25, 0.3) is 0 Å². The fraction of sp³-hybridized carbons (Fsp3) is 0.292. The number of benzene rings is 1. The van der Waals surface area contributed by atoms with Crippen molar-refractivity contribution in [2.24, 2.45) is 12.1 Å². The van der Waals surface area contributed by atoms with E-state index in [2.05, 4.69) is 15.2 Å². The Balaban J connectivity index is 1.26. The molecular formula is C24H21F3N6O4. The minimum absolute atomic E-state index is 0.0133. The van der Waals surface area contributed by atoms with E-state index in [9.17, 15) is 27.9 Å². The summed E-state index contributed by atoms with van der Waals surface area (Å²) in [5.41, 5.74) is 1.17. The Bertz CT molecular complexity index is 1420. The lowest BCUT2D eigenvalue weighted by Crippen LogP contribution is -2.58. The van der Waals surface area contributed by atoms with E-state index in [1.165, 1.54) is 33.9 Å². The number of pyridine rings is 1. The Morgan fingerprint density at radius 3 is 2.46 bits per heavy atom. The lowest BCUT2D eigenvalue weighted by atomic mass is 10.0. The van der Waals surface area contributed by atoms with Crippen molar-refractivity contribution in [1.82, 2.24) is 24.7 Å². The molecule has 4 heterocycles. The minimum Gasteiger partial charge on any atom is -0.483 e. The molecule has 37 heavy (non-hydrogen) atoms. The molecule has 0 aliphatic carbocycles.